The van der Waals surface area contributed by atoms with E-state index in [4.69, 9.17) is 0 Å². The number of fused-ring (bicyclic) bond motifs is 1. The van der Waals surface area contributed by atoms with Gasteiger partial charge in [0.2, 0.25) is 5.91 Å². The summed E-state index contributed by atoms with van der Waals surface area (Å²) in [6.45, 7) is 0.142. The van der Waals surface area contributed by atoms with Crippen LogP contribution in [-0.2, 0) is 29.0 Å². The lowest BCUT2D eigenvalue weighted by Crippen LogP contribution is -2.48. The molecule has 0 bridgehead atoms. The number of imidazole rings is 1. The van der Waals surface area contributed by atoms with Crippen LogP contribution in [0.15, 0.2) is 24.5 Å². The number of halogens is 2. The van der Waals surface area contributed by atoms with E-state index in [9.17, 15) is 23.5 Å². The number of carboxylic acids is 1. The summed E-state index contributed by atoms with van der Waals surface area (Å²) >= 11 is 0. The van der Waals surface area contributed by atoms with Gasteiger partial charge in [0.25, 0.3) is 0 Å². The van der Waals surface area contributed by atoms with Crippen molar-refractivity contribution >= 4 is 11.9 Å². The first-order valence-electron chi connectivity index (χ1n) is 7.43. The molecule has 1 aliphatic heterocycles. The molecule has 0 spiro atoms. The molecule has 0 radical (unpaired) electrons. The number of rotatable bonds is 4. The Morgan fingerprint density at radius 2 is 2.12 bits per heavy atom. The lowest BCUT2D eigenvalue weighted by Gasteiger charge is -2.32. The summed E-state index contributed by atoms with van der Waals surface area (Å²) in [5.74, 6) is -3.36. The number of carbonyl (C=O) groups excluding carboxylic acids is 1. The fourth-order valence-electron chi connectivity index (χ4n) is 2.81. The zero-order chi connectivity index (χ0) is 17.3. The second kappa shape index (κ2) is 6.38. The van der Waals surface area contributed by atoms with E-state index in [0.29, 0.717) is 17.0 Å². The maximum Gasteiger partial charge on any atom is 0.326 e. The highest BCUT2D eigenvalue weighted by atomic mass is 19.2. The second-order valence-corrected chi connectivity index (χ2v) is 5.66. The number of aryl methyl sites for hydroxylation is 1. The summed E-state index contributed by atoms with van der Waals surface area (Å²) in [6, 6.07) is 2.48. The number of aliphatic carboxylic acids is 1. The van der Waals surface area contributed by atoms with Crippen molar-refractivity contribution in [2.45, 2.75) is 31.8 Å². The number of benzene rings is 1. The van der Waals surface area contributed by atoms with Crippen LogP contribution in [0.2, 0.25) is 0 Å². The van der Waals surface area contributed by atoms with Crippen LogP contribution in [0.1, 0.15) is 23.4 Å². The quantitative estimate of drug-likeness (QED) is 0.890. The Labute approximate surface area is 136 Å². The van der Waals surface area contributed by atoms with Gasteiger partial charge in [-0.1, -0.05) is 6.07 Å². The van der Waals surface area contributed by atoms with Gasteiger partial charge in [-0.15, -0.1) is 0 Å². The molecule has 2 heterocycles. The number of amides is 1. The molecule has 1 aromatic heterocycles. The van der Waals surface area contributed by atoms with Gasteiger partial charge in [-0.2, -0.15) is 0 Å². The Kier molecular flexibility index (Phi) is 4.28. The summed E-state index contributed by atoms with van der Waals surface area (Å²) in [5, 5.41) is 9.35. The Morgan fingerprint density at radius 3 is 2.83 bits per heavy atom. The third kappa shape index (κ3) is 3.12. The maximum absolute atomic E-state index is 13.2. The van der Waals surface area contributed by atoms with Crippen molar-refractivity contribution in [2.75, 3.05) is 0 Å². The van der Waals surface area contributed by atoms with Crippen LogP contribution in [0.5, 0.6) is 0 Å². The topological polar surface area (TPSA) is 86.3 Å². The van der Waals surface area contributed by atoms with Crippen LogP contribution in [-0.4, -0.2) is 37.9 Å². The van der Waals surface area contributed by atoms with Crippen molar-refractivity contribution in [1.29, 1.82) is 0 Å². The van der Waals surface area contributed by atoms with Gasteiger partial charge < -0.3 is 15.0 Å². The lowest BCUT2D eigenvalue weighted by atomic mass is 10.0. The van der Waals surface area contributed by atoms with E-state index < -0.39 is 23.6 Å². The Balaban J connectivity index is 1.71. The van der Waals surface area contributed by atoms with E-state index in [0.717, 1.165) is 12.1 Å². The average molecular weight is 335 g/mol. The molecule has 6 nitrogen and oxygen atoms in total. The molecule has 1 atom stereocenters. The fraction of sp³-hybridized carbons (Fsp3) is 0.312. The molecule has 0 saturated heterocycles. The summed E-state index contributed by atoms with van der Waals surface area (Å²) in [4.78, 5) is 32.1. The van der Waals surface area contributed by atoms with E-state index in [1.165, 1.54) is 17.3 Å². The van der Waals surface area contributed by atoms with Gasteiger partial charge in [0, 0.05) is 12.8 Å². The first kappa shape index (κ1) is 16.1. The molecule has 1 aromatic carbocycles. The van der Waals surface area contributed by atoms with E-state index in [-0.39, 0.29) is 31.7 Å². The minimum absolute atomic E-state index is 0.0122. The third-order valence-electron chi connectivity index (χ3n) is 4.12. The molecule has 0 aliphatic carbocycles. The largest absolute Gasteiger partial charge is 0.480 e. The van der Waals surface area contributed by atoms with Crippen LogP contribution < -0.4 is 0 Å². The van der Waals surface area contributed by atoms with Crippen LogP contribution >= 0.6 is 0 Å². The molecule has 126 valence electrons. The Morgan fingerprint density at radius 1 is 1.33 bits per heavy atom. The molecule has 8 heteroatoms. The molecular formula is C16H15F2N3O3. The molecule has 1 amide bonds. The molecule has 24 heavy (non-hydrogen) atoms. The van der Waals surface area contributed by atoms with Gasteiger partial charge in [0.15, 0.2) is 11.6 Å². The van der Waals surface area contributed by atoms with Crippen LogP contribution in [0, 0.1) is 11.6 Å². The zero-order valence-corrected chi connectivity index (χ0v) is 12.6. The van der Waals surface area contributed by atoms with Gasteiger partial charge in [0.1, 0.15) is 6.04 Å². The van der Waals surface area contributed by atoms with Gasteiger partial charge in [0.05, 0.1) is 24.3 Å². The second-order valence-electron chi connectivity index (χ2n) is 5.66. The molecule has 1 aliphatic rings. The molecule has 2 aromatic rings. The van der Waals surface area contributed by atoms with Crippen LogP contribution in [0.4, 0.5) is 8.78 Å². The van der Waals surface area contributed by atoms with Crippen molar-refractivity contribution in [3.63, 3.8) is 0 Å². The zero-order valence-electron chi connectivity index (χ0n) is 12.6. The van der Waals surface area contributed by atoms with Gasteiger partial charge in [-0.05, 0) is 24.1 Å². The van der Waals surface area contributed by atoms with Crippen molar-refractivity contribution in [3.8, 4) is 0 Å². The summed E-state index contributed by atoms with van der Waals surface area (Å²) in [6.07, 6.45) is 1.83. The number of aromatic nitrogens is 2. The van der Waals surface area contributed by atoms with Gasteiger partial charge in [-0.3, -0.25) is 4.79 Å². The standard InChI is InChI=1S/C16H15F2N3O3/c17-10-3-1-9(5-11(10)18)2-4-15(22)21-7-13-12(19-8-20-13)6-14(21)16(23)24/h1,3,5,8,14H,2,4,6-7H2,(H,19,20)(H,23,24). The first-order valence-corrected chi connectivity index (χ1v) is 7.43. The highest BCUT2D eigenvalue weighted by molar-refractivity contribution is 5.84. The molecule has 0 saturated carbocycles. The number of nitrogens with zero attached hydrogens (tertiary/aromatic N) is 2. The monoisotopic (exact) mass is 335 g/mol. The number of H-pyrrole nitrogens is 1. The van der Waals surface area contributed by atoms with E-state index in [2.05, 4.69) is 9.97 Å². The number of carboxylic acid groups (broad SMARTS) is 1. The molecule has 1 unspecified atom stereocenters. The highest BCUT2D eigenvalue weighted by Crippen LogP contribution is 2.22. The number of carbonyl (C=O) groups is 2. The normalized spacial score (nSPS) is 16.8. The first-order chi connectivity index (χ1) is 11.5. The Bertz CT molecular complexity index is 791. The smallest absolute Gasteiger partial charge is 0.326 e. The Hall–Kier alpha value is -2.77. The SMILES string of the molecule is O=C(O)C1Cc2nc[nH]c2CN1C(=O)CCc1ccc(F)c(F)c1. The number of aromatic amines is 1. The third-order valence-corrected chi connectivity index (χ3v) is 4.12. The molecular weight excluding hydrogens is 320 g/mol. The van der Waals surface area contributed by atoms with Crippen molar-refractivity contribution in [2.24, 2.45) is 0 Å². The highest BCUT2D eigenvalue weighted by Gasteiger charge is 2.35. The molecule has 0 fully saturated rings. The van der Waals surface area contributed by atoms with E-state index in [1.807, 2.05) is 0 Å². The summed E-state index contributed by atoms with van der Waals surface area (Å²) in [5.41, 5.74) is 1.84. The fourth-order valence-corrected chi connectivity index (χ4v) is 2.81. The molecule has 2 N–H and O–H groups in total. The predicted molar refractivity (Wildman–Crippen MR) is 78.9 cm³/mol. The summed E-state index contributed by atoms with van der Waals surface area (Å²) < 4.78 is 26.1. The number of nitrogens with one attached hydrogen (secondary N) is 1. The minimum Gasteiger partial charge on any atom is -0.480 e. The van der Waals surface area contributed by atoms with Gasteiger partial charge in [-0.25, -0.2) is 18.6 Å². The van der Waals surface area contributed by atoms with Gasteiger partial charge >= 0.3 is 5.97 Å². The van der Waals surface area contributed by atoms with Crippen LogP contribution in [0.25, 0.3) is 0 Å². The minimum atomic E-state index is -1.09. The van der Waals surface area contributed by atoms with Crippen LogP contribution in [0.3, 0.4) is 0 Å². The summed E-state index contributed by atoms with van der Waals surface area (Å²) in [7, 11) is 0. The maximum atomic E-state index is 13.2. The van der Waals surface area contributed by atoms with Crippen molar-refractivity contribution in [3.05, 3.63) is 53.1 Å². The van der Waals surface area contributed by atoms with Crippen molar-refractivity contribution in [1.82, 2.24) is 14.9 Å². The molecule has 3 rings (SSSR count). The van der Waals surface area contributed by atoms with Crippen molar-refractivity contribution < 1.29 is 23.5 Å². The lowest BCUT2D eigenvalue weighted by molar-refractivity contribution is -0.151. The average Bonchev–Trinajstić information content (AvgIpc) is 3.01. The van der Waals surface area contributed by atoms with E-state index >= 15 is 0 Å². The predicted octanol–water partition coefficient (Wildman–Crippen LogP) is 1.66. The number of hydrogen-bond donors (Lipinski definition) is 2. The van der Waals surface area contributed by atoms with E-state index in [1.54, 1.807) is 0 Å². The number of hydrogen-bond acceptors (Lipinski definition) is 3.